The van der Waals surface area contributed by atoms with E-state index in [1.807, 2.05) is 37.3 Å². The molecular formula is C26H29ClF2N4O2S2. The number of carbonyl (C=O) groups is 1. The summed E-state index contributed by atoms with van der Waals surface area (Å²) in [6.45, 7) is 2.51. The van der Waals surface area contributed by atoms with Gasteiger partial charge >= 0.3 is 0 Å². The van der Waals surface area contributed by atoms with Gasteiger partial charge < -0.3 is 4.90 Å². The fourth-order valence-corrected chi connectivity index (χ4v) is 8.03. The predicted molar refractivity (Wildman–Crippen MR) is 142 cm³/mol. The number of alkyl halides is 2. The Morgan fingerprint density at radius 1 is 1.22 bits per heavy atom. The highest BCUT2D eigenvalue weighted by Gasteiger charge is 2.43. The zero-order valence-electron chi connectivity index (χ0n) is 20.5. The molecule has 0 unspecified atom stereocenters. The molecular weight excluding hydrogens is 538 g/mol. The zero-order chi connectivity index (χ0) is 26.4. The number of amides is 1. The Labute approximate surface area is 224 Å². The molecule has 1 saturated carbocycles. The summed E-state index contributed by atoms with van der Waals surface area (Å²) in [5.74, 6) is -2.97. The van der Waals surface area contributed by atoms with Crippen LogP contribution < -0.4 is 0 Å². The molecule has 1 aliphatic heterocycles. The molecule has 5 rings (SSSR count). The summed E-state index contributed by atoms with van der Waals surface area (Å²) in [4.78, 5) is 20.4. The van der Waals surface area contributed by atoms with Gasteiger partial charge in [0.15, 0.2) is 4.47 Å². The molecule has 2 aromatic carbocycles. The number of hydrogen-bond donors (Lipinski definition) is 1. The maximum atomic E-state index is 14.1. The molecule has 2 heterocycles. The van der Waals surface area contributed by atoms with Gasteiger partial charge in [0.2, 0.25) is 11.8 Å². The van der Waals surface area contributed by atoms with Gasteiger partial charge in [0.25, 0.3) is 0 Å². The fraction of sp³-hybridized carbons (Fsp3) is 0.462. The van der Waals surface area contributed by atoms with Gasteiger partial charge in [0, 0.05) is 32.0 Å². The van der Waals surface area contributed by atoms with Gasteiger partial charge in [-0.3, -0.25) is 4.79 Å². The van der Waals surface area contributed by atoms with E-state index in [0.29, 0.717) is 28.7 Å². The summed E-state index contributed by atoms with van der Waals surface area (Å²) >= 11 is 7.43. The van der Waals surface area contributed by atoms with Crippen LogP contribution in [0.2, 0.25) is 4.47 Å². The minimum atomic E-state index is -3.39. The zero-order valence-corrected chi connectivity index (χ0v) is 22.9. The molecule has 0 bridgehead atoms. The summed E-state index contributed by atoms with van der Waals surface area (Å²) in [6, 6.07) is 11.6. The molecule has 1 aromatic heterocycles. The summed E-state index contributed by atoms with van der Waals surface area (Å²) in [5, 5.41) is 0. The van der Waals surface area contributed by atoms with Gasteiger partial charge in [-0.15, -0.1) is 11.3 Å². The van der Waals surface area contributed by atoms with Crippen LogP contribution in [0, 0.1) is 11.7 Å². The van der Waals surface area contributed by atoms with Crippen molar-refractivity contribution >= 4 is 49.0 Å². The largest absolute Gasteiger partial charge is 0.334 e. The molecule has 2 atom stereocenters. The van der Waals surface area contributed by atoms with Crippen molar-refractivity contribution in [2.24, 2.45) is 0 Å². The standard InChI is InChI=1S/C26H29ClF2N4O2S2/c1-17-4-7-20(8-5-17)37(30,35)33-14-2-3-22(33)24(34)32(19-10-12-26(28,29)13-11-19)16-18-6-9-23-21(15-18)31-25(27)36-23/h4-9,15,19,22,30H,2-3,10-14,16H2,1H3/t22-,37+/m0/s1. The second-order valence-electron chi connectivity index (χ2n) is 9.96. The molecule has 0 spiro atoms. The van der Waals surface area contributed by atoms with Crippen LogP contribution in [0.4, 0.5) is 8.78 Å². The van der Waals surface area contributed by atoms with E-state index < -0.39 is 21.9 Å². The molecule has 1 N–H and O–H groups in total. The molecule has 198 valence electrons. The van der Waals surface area contributed by atoms with Gasteiger partial charge in [-0.25, -0.2) is 27.1 Å². The van der Waals surface area contributed by atoms with E-state index in [-0.39, 0.29) is 44.2 Å². The number of aromatic nitrogens is 1. The number of nitrogens with one attached hydrogen (secondary N) is 1. The van der Waals surface area contributed by atoms with E-state index in [1.165, 1.54) is 15.6 Å². The summed E-state index contributed by atoms with van der Waals surface area (Å²) in [5.41, 5.74) is 2.55. The molecule has 1 aliphatic carbocycles. The average molecular weight is 567 g/mol. The minimum Gasteiger partial charge on any atom is -0.334 e. The normalized spacial score (nSPS) is 22.2. The SMILES string of the molecule is Cc1ccc([S@](=N)(=O)N2CCC[C@H]2C(=O)N(Cc2ccc3sc(Cl)nc3c2)C2CCC(F)(F)CC2)cc1. The lowest BCUT2D eigenvalue weighted by atomic mass is 9.90. The molecule has 0 radical (unpaired) electrons. The van der Waals surface area contributed by atoms with Crippen molar-refractivity contribution in [2.75, 3.05) is 6.54 Å². The number of nitrogens with zero attached hydrogens (tertiary/aromatic N) is 3. The fourth-order valence-electron chi connectivity index (χ4n) is 5.31. The lowest BCUT2D eigenvalue weighted by Crippen LogP contribution is -2.51. The minimum absolute atomic E-state index is 0.199. The van der Waals surface area contributed by atoms with Crippen molar-refractivity contribution in [1.82, 2.24) is 14.2 Å². The quantitative estimate of drug-likeness (QED) is 0.363. The molecule has 37 heavy (non-hydrogen) atoms. The number of carbonyl (C=O) groups excluding carboxylic acids is 1. The van der Waals surface area contributed by atoms with Gasteiger partial charge in [0.05, 0.1) is 15.1 Å². The Balaban J connectivity index is 1.45. The Morgan fingerprint density at radius 2 is 1.92 bits per heavy atom. The summed E-state index contributed by atoms with van der Waals surface area (Å²) < 4.78 is 53.3. The van der Waals surface area contributed by atoms with Crippen molar-refractivity contribution in [2.45, 2.75) is 74.9 Å². The summed E-state index contributed by atoms with van der Waals surface area (Å²) in [7, 11) is -3.39. The maximum Gasteiger partial charge on any atom is 0.248 e. The Kier molecular flexibility index (Phi) is 7.30. The van der Waals surface area contributed by atoms with Gasteiger partial charge in [-0.2, -0.15) is 0 Å². The Hall–Kier alpha value is -2.14. The second-order valence-corrected chi connectivity index (χ2v) is 13.6. The van der Waals surface area contributed by atoms with Crippen molar-refractivity contribution in [1.29, 1.82) is 4.78 Å². The molecule has 1 saturated heterocycles. The highest BCUT2D eigenvalue weighted by Crippen LogP contribution is 2.37. The Bertz CT molecular complexity index is 1400. The number of thiazole rings is 1. The van der Waals surface area contributed by atoms with Crippen molar-refractivity contribution in [3.8, 4) is 0 Å². The first-order valence-corrected chi connectivity index (χ1v) is 15.1. The van der Waals surface area contributed by atoms with Crippen molar-refractivity contribution in [3.63, 3.8) is 0 Å². The monoisotopic (exact) mass is 566 g/mol. The number of benzene rings is 2. The lowest BCUT2D eigenvalue weighted by Gasteiger charge is -2.39. The first kappa shape index (κ1) is 26.5. The highest BCUT2D eigenvalue weighted by atomic mass is 35.5. The summed E-state index contributed by atoms with van der Waals surface area (Å²) in [6.07, 6.45) is 0.970. The molecule has 2 aliphatic rings. The number of rotatable bonds is 6. The van der Waals surface area contributed by atoms with E-state index >= 15 is 0 Å². The molecule has 6 nitrogen and oxygen atoms in total. The van der Waals surface area contributed by atoms with Crippen LogP contribution in [-0.2, 0) is 21.3 Å². The number of fused-ring (bicyclic) bond motifs is 1. The lowest BCUT2D eigenvalue weighted by molar-refractivity contribution is -0.141. The third-order valence-corrected chi connectivity index (χ3v) is 10.5. The molecule has 11 heteroatoms. The van der Waals surface area contributed by atoms with Gasteiger partial charge in [-0.1, -0.05) is 35.4 Å². The smallest absolute Gasteiger partial charge is 0.248 e. The predicted octanol–water partition coefficient (Wildman–Crippen LogP) is 6.65. The maximum absolute atomic E-state index is 14.1. The van der Waals surface area contributed by atoms with Crippen LogP contribution in [0.1, 0.15) is 49.7 Å². The average Bonchev–Trinajstić information content (AvgIpc) is 3.49. The number of halogens is 3. The number of aryl methyl sites for hydroxylation is 1. The van der Waals surface area contributed by atoms with Crippen LogP contribution in [0.3, 0.4) is 0 Å². The molecule has 1 amide bonds. The van der Waals surface area contributed by atoms with Gasteiger partial charge in [0.1, 0.15) is 16.0 Å². The third kappa shape index (κ3) is 5.53. The first-order valence-electron chi connectivity index (χ1n) is 12.4. The Morgan fingerprint density at radius 3 is 2.62 bits per heavy atom. The van der Waals surface area contributed by atoms with Crippen LogP contribution in [0.15, 0.2) is 47.4 Å². The van der Waals surface area contributed by atoms with Gasteiger partial charge in [-0.05, 0) is 62.4 Å². The third-order valence-electron chi connectivity index (χ3n) is 7.35. The van der Waals surface area contributed by atoms with E-state index in [4.69, 9.17) is 16.4 Å². The topological polar surface area (TPSA) is 77.4 Å². The van der Waals surface area contributed by atoms with Crippen molar-refractivity contribution < 1.29 is 17.8 Å². The molecule has 3 aromatic rings. The van der Waals surface area contributed by atoms with E-state index in [2.05, 4.69) is 4.98 Å². The van der Waals surface area contributed by atoms with Crippen LogP contribution in [0.25, 0.3) is 10.2 Å². The van der Waals surface area contributed by atoms with E-state index in [1.54, 1.807) is 17.0 Å². The first-order chi connectivity index (χ1) is 17.5. The van der Waals surface area contributed by atoms with Crippen LogP contribution >= 0.6 is 22.9 Å². The van der Waals surface area contributed by atoms with E-state index in [9.17, 15) is 17.8 Å². The van der Waals surface area contributed by atoms with E-state index in [0.717, 1.165) is 21.3 Å². The second kappa shape index (κ2) is 10.2. The van der Waals surface area contributed by atoms with Crippen molar-refractivity contribution in [3.05, 3.63) is 58.1 Å². The van der Waals surface area contributed by atoms with Crippen LogP contribution in [0.5, 0.6) is 0 Å². The molecule has 2 fully saturated rings. The van der Waals surface area contributed by atoms with Crippen LogP contribution in [-0.4, -0.2) is 48.9 Å². The highest BCUT2D eigenvalue weighted by molar-refractivity contribution is 7.90. The number of hydrogen-bond acceptors (Lipinski definition) is 5.